The summed E-state index contributed by atoms with van der Waals surface area (Å²) in [7, 11) is 0.156. The van der Waals surface area contributed by atoms with E-state index in [1.54, 1.807) is 0 Å². The number of methoxy groups -OCH3 is 2. The third-order valence-corrected chi connectivity index (χ3v) is 5.78. The molecule has 0 atom stereocenters. The predicted molar refractivity (Wildman–Crippen MR) is 107 cm³/mol. The van der Waals surface area contributed by atoms with Crippen LogP contribution in [0.4, 0.5) is 5.69 Å². The molecule has 9 heteroatoms. The highest BCUT2D eigenvalue weighted by atomic mass is 32.2. The first-order valence-corrected chi connectivity index (χ1v) is 9.97. The van der Waals surface area contributed by atoms with Gasteiger partial charge >= 0.3 is 11.9 Å². The summed E-state index contributed by atoms with van der Waals surface area (Å²) in [6.07, 6.45) is 0.949. The Bertz CT molecular complexity index is 985. The van der Waals surface area contributed by atoms with Crippen LogP contribution in [-0.2, 0) is 35.6 Å². The third kappa shape index (κ3) is 5.90. The molecule has 0 fully saturated rings. The number of hydrogen-bond acceptors (Lipinski definition) is 7. The van der Waals surface area contributed by atoms with Crippen molar-refractivity contribution in [1.29, 1.82) is 0 Å². The highest BCUT2D eigenvalue weighted by molar-refractivity contribution is 7.89. The molecule has 0 aliphatic heterocycles. The van der Waals surface area contributed by atoms with Gasteiger partial charge in [0.15, 0.2) is 0 Å². The lowest BCUT2D eigenvalue weighted by atomic mass is 10.2. The average Bonchev–Trinajstić information content (AvgIpc) is 2.73. The van der Waals surface area contributed by atoms with E-state index in [1.807, 2.05) is 30.3 Å². The second kappa shape index (κ2) is 9.85. The van der Waals surface area contributed by atoms with Crippen LogP contribution in [0.15, 0.2) is 71.3 Å². The van der Waals surface area contributed by atoms with Crippen LogP contribution >= 0.6 is 0 Å². The monoisotopic (exact) mass is 418 g/mol. The Morgan fingerprint density at radius 3 is 2.17 bits per heavy atom. The smallest absolute Gasteiger partial charge is 0.354 e. The number of rotatable bonds is 8. The van der Waals surface area contributed by atoms with Crippen LogP contribution in [-0.4, -0.2) is 45.9 Å². The number of carbonyl (C=O) groups is 2. The first kappa shape index (κ1) is 22.1. The fourth-order valence-electron chi connectivity index (χ4n) is 2.40. The van der Waals surface area contributed by atoms with Gasteiger partial charge in [0.2, 0.25) is 10.0 Å². The van der Waals surface area contributed by atoms with E-state index in [4.69, 9.17) is 0 Å². The van der Waals surface area contributed by atoms with Gasteiger partial charge in [-0.05, 0) is 29.8 Å². The molecule has 0 aliphatic rings. The maximum atomic E-state index is 12.8. The van der Waals surface area contributed by atoms with Crippen LogP contribution in [0.25, 0.3) is 0 Å². The molecule has 2 rings (SSSR count). The molecule has 0 saturated carbocycles. The molecule has 0 heterocycles. The number of esters is 2. The lowest BCUT2D eigenvalue weighted by molar-refractivity contribution is -0.138. The lowest BCUT2D eigenvalue weighted by Crippen LogP contribution is -2.26. The number of nitrogens with one attached hydrogen (secondary N) is 1. The van der Waals surface area contributed by atoms with Crippen molar-refractivity contribution in [1.82, 2.24) is 4.31 Å². The van der Waals surface area contributed by atoms with Gasteiger partial charge in [0.25, 0.3) is 0 Å². The Morgan fingerprint density at radius 1 is 1.00 bits per heavy atom. The van der Waals surface area contributed by atoms with Crippen LogP contribution in [0.3, 0.4) is 0 Å². The van der Waals surface area contributed by atoms with E-state index in [2.05, 4.69) is 14.8 Å². The van der Waals surface area contributed by atoms with E-state index < -0.39 is 22.0 Å². The molecule has 0 aromatic heterocycles. The van der Waals surface area contributed by atoms with Gasteiger partial charge in [-0.2, -0.15) is 4.31 Å². The highest BCUT2D eigenvalue weighted by Gasteiger charge is 2.21. The summed E-state index contributed by atoms with van der Waals surface area (Å²) in [5.41, 5.74) is 1.12. The molecule has 154 valence electrons. The van der Waals surface area contributed by atoms with Gasteiger partial charge in [-0.15, -0.1) is 0 Å². The minimum Gasteiger partial charge on any atom is -0.466 e. The zero-order valence-electron chi connectivity index (χ0n) is 16.3. The summed E-state index contributed by atoms with van der Waals surface area (Å²) in [5, 5.41) is 2.72. The summed E-state index contributed by atoms with van der Waals surface area (Å²) < 4.78 is 35.9. The Balaban J connectivity index is 2.18. The van der Waals surface area contributed by atoms with Gasteiger partial charge in [0.05, 0.1) is 25.2 Å². The molecular formula is C20H22N2O6S. The number of hydrogen-bond donors (Lipinski definition) is 1. The number of carbonyl (C=O) groups excluding carboxylic acids is 2. The van der Waals surface area contributed by atoms with Gasteiger partial charge in [0, 0.05) is 19.3 Å². The molecule has 29 heavy (non-hydrogen) atoms. The minimum atomic E-state index is -3.70. The van der Waals surface area contributed by atoms with E-state index >= 15 is 0 Å². The molecule has 2 aromatic rings. The number of sulfonamides is 1. The van der Waals surface area contributed by atoms with E-state index in [0.29, 0.717) is 5.69 Å². The normalized spacial score (nSPS) is 11.8. The zero-order valence-corrected chi connectivity index (χ0v) is 17.1. The second-order valence-electron chi connectivity index (χ2n) is 5.97. The van der Waals surface area contributed by atoms with Gasteiger partial charge in [-0.25, -0.2) is 18.0 Å². The van der Waals surface area contributed by atoms with E-state index in [0.717, 1.165) is 11.6 Å². The maximum absolute atomic E-state index is 12.8. The Hall–Kier alpha value is -3.17. The van der Waals surface area contributed by atoms with Crippen molar-refractivity contribution in [2.75, 3.05) is 26.6 Å². The van der Waals surface area contributed by atoms with E-state index in [9.17, 15) is 18.0 Å². The standard InChI is InChI=1S/C20H22N2O6S/c1-22(14-15-7-5-4-6-8-15)29(25,26)17-11-9-16(10-12-17)21-18(20(24)28-3)13-19(23)27-2/h4-13,21H,14H2,1-3H3/b18-13+. The number of ether oxygens (including phenoxy) is 2. The first-order valence-electron chi connectivity index (χ1n) is 8.53. The molecule has 0 unspecified atom stereocenters. The van der Waals surface area contributed by atoms with Crippen LogP contribution in [0, 0.1) is 0 Å². The molecule has 8 nitrogen and oxygen atoms in total. The van der Waals surface area contributed by atoms with Crippen molar-refractivity contribution < 1.29 is 27.5 Å². The van der Waals surface area contributed by atoms with Crippen molar-refractivity contribution >= 4 is 27.6 Å². The van der Waals surface area contributed by atoms with Crippen LogP contribution in [0.1, 0.15) is 5.56 Å². The molecule has 0 saturated heterocycles. The van der Waals surface area contributed by atoms with Crippen molar-refractivity contribution in [3.8, 4) is 0 Å². The number of anilines is 1. The summed E-state index contributed by atoms with van der Waals surface area (Å²) in [4.78, 5) is 23.3. The van der Waals surface area contributed by atoms with Crippen molar-refractivity contribution in [2.24, 2.45) is 0 Å². The Kier molecular flexibility index (Phi) is 7.52. The summed E-state index contributed by atoms with van der Waals surface area (Å²) in [6.45, 7) is 0.234. The van der Waals surface area contributed by atoms with Gasteiger partial charge in [-0.1, -0.05) is 30.3 Å². The maximum Gasteiger partial charge on any atom is 0.354 e. The summed E-state index contributed by atoms with van der Waals surface area (Å²) >= 11 is 0. The second-order valence-corrected chi connectivity index (χ2v) is 8.01. The number of nitrogens with zero attached hydrogens (tertiary/aromatic N) is 1. The van der Waals surface area contributed by atoms with Crippen LogP contribution < -0.4 is 5.32 Å². The molecule has 0 bridgehead atoms. The Morgan fingerprint density at radius 2 is 1.62 bits per heavy atom. The fourth-order valence-corrected chi connectivity index (χ4v) is 3.56. The molecule has 0 spiro atoms. The minimum absolute atomic E-state index is 0.0954. The van der Waals surface area contributed by atoms with Crippen LogP contribution in [0.5, 0.6) is 0 Å². The van der Waals surface area contributed by atoms with Gasteiger partial charge in [0.1, 0.15) is 5.70 Å². The fraction of sp³-hybridized carbons (Fsp3) is 0.200. The predicted octanol–water partition coefficient (Wildman–Crippen LogP) is 2.15. The highest BCUT2D eigenvalue weighted by Crippen LogP contribution is 2.20. The van der Waals surface area contributed by atoms with Crippen molar-refractivity contribution in [2.45, 2.75) is 11.4 Å². The molecule has 0 aliphatic carbocycles. The molecule has 2 aromatic carbocycles. The van der Waals surface area contributed by atoms with E-state index in [1.165, 1.54) is 49.8 Å². The summed E-state index contributed by atoms with van der Waals surface area (Å²) in [6, 6.07) is 15.0. The van der Waals surface area contributed by atoms with Gasteiger partial charge < -0.3 is 14.8 Å². The lowest BCUT2D eigenvalue weighted by Gasteiger charge is -2.17. The quantitative estimate of drug-likeness (QED) is 0.518. The average molecular weight is 418 g/mol. The van der Waals surface area contributed by atoms with Crippen molar-refractivity contribution in [3.63, 3.8) is 0 Å². The molecule has 0 radical (unpaired) electrons. The molecular weight excluding hydrogens is 396 g/mol. The largest absolute Gasteiger partial charge is 0.466 e. The summed E-state index contributed by atoms with van der Waals surface area (Å²) in [5.74, 6) is -1.51. The molecule has 0 amide bonds. The van der Waals surface area contributed by atoms with E-state index in [-0.39, 0.29) is 17.1 Å². The zero-order chi connectivity index (χ0) is 21.4. The topological polar surface area (TPSA) is 102 Å². The third-order valence-electron chi connectivity index (χ3n) is 3.96. The molecule has 1 N–H and O–H groups in total. The SMILES string of the molecule is COC(=O)/C=C(/Nc1ccc(S(=O)(=O)N(C)Cc2ccccc2)cc1)C(=O)OC. The Labute approximate surface area is 169 Å². The first-order chi connectivity index (χ1) is 13.8. The van der Waals surface area contributed by atoms with Crippen molar-refractivity contribution in [3.05, 3.63) is 71.9 Å². The van der Waals surface area contributed by atoms with Gasteiger partial charge in [-0.3, -0.25) is 0 Å². The van der Waals surface area contributed by atoms with Crippen LogP contribution in [0.2, 0.25) is 0 Å². The number of benzene rings is 2.